The van der Waals surface area contributed by atoms with E-state index in [1.807, 2.05) is 0 Å². The lowest BCUT2D eigenvalue weighted by Gasteiger charge is -2.42. The molecule has 2 rings (SSSR count). The second kappa shape index (κ2) is 3.35. The van der Waals surface area contributed by atoms with Crippen molar-refractivity contribution in [3.05, 3.63) is 0 Å². The van der Waals surface area contributed by atoms with Crippen molar-refractivity contribution in [2.75, 3.05) is 19.8 Å². The number of ether oxygens (including phenoxy) is 2. The van der Waals surface area contributed by atoms with Crippen LogP contribution in [0.15, 0.2) is 0 Å². The first-order chi connectivity index (χ1) is 5.81. The summed E-state index contributed by atoms with van der Waals surface area (Å²) >= 11 is 0. The highest BCUT2D eigenvalue weighted by molar-refractivity contribution is 4.86. The van der Waals surface area contributed by atoms with Crippen LogP contribution in [0.2, 0.25) is 0 Å². The van der Waals surface area contributed by atoms with Crippen molar-refractivity contribution in [2.24, 2.45) is 5.92 Å². The lowest BCUT2D eigenvalue weighted by Crippen LogP contribution is -2.43. The van der Waals surface area contributed by atoms with Gasteiger partial charge in [0.1, 0.15) is 0 Å². The molecule has 0 aromatic carbocycles. The third kappa shape index (κ3) is 1.64. The minimum absolute atomic E-state index is 0.213. The first kappa shape index (κ1) is 8.52. The van der Waals surface area contributed by atoms with Crippen LogP contribution in [0.1, 0.15) is 32.6 Å². The van der Waals surface area contributed by atoms with E-state index in [-0.39, 0.29) is 5.60 Å². The number of hydrogen-bond acceptors (Lipinski definition) is 2. The summed E-state index contributed by atoms with van der Waals surface area (Å²) in [7, 11) is 0. The van der Waals surface area contributed by atoms with Crippen LogP contribution < -0.4 is 0 Å². The molecule has 0 saturated carbocycles. The molecule has 1 spiro atoms. The summed E-state index contributed by atoms with van der Waals surface area (Å²) in [6, 6.07) is 0. The van der Waals surface area contributed by atoms with Gasteiger partial charge in [0.25, 0.3) is 0 Å². The third-order valence-corrected chi connectivity index (χ3v) is 3.17. The van der Waals surface area contributed by atoms with Gasteiger partial charge in [-0.25, -0.2) is 0 Å². The van der Waals surface area contributed by atoms with Gasteiger partial charge in [-0.3, -0.25) is 0 Å². The Morgan fingerprint density at radius 1 is 1.17 bits per heavy atom. The number of hydrogen-bond donors (Lipinski definition) is 0. The SMILES string of the molecule is CC1CCC2(CCOCC2)OC1. The molecule has 70 valence electrons. The molecule has 2 heterocycles. The molecular weight excluding hydrogens is 152 g/mol. The Kier molecular flexibility index (Phi) is 2.37. The zero-order valence-electron chi connectivity index (χ0n) is 7.84. The van der Waals surface area contributed by atoms with Gasteiger partial charge < -0.3 is 9.47 Å². The number of rotatable bonds is 0. The fraction of sp³-hybridized carbons (Fsp3) is 1.00. The van der Waals surface area contributed by atoms with Crippen LogP contribution in [0.5, 0.6) is 0 Å². The van der Waals surface area contributed by atoms with Gasteiger partial charge in [0.2, 0.25) is 0 Å². The summed E-state index contributed by atoms with van der Waals surface area (Å²) in [6.45, 7) is 5.02. The van der Waals surface area contributed by atoms with E-state index in [9.17, 15) is 0 Å². The van der Waals surface area contributed by atoms with Crippen LogP contribution in [0.4, 0.5) is 0 Å². The maximum absolute atomic E-state index is 5.94. The average molecular weight is 170 g/mol. The molecule has 0 aromatic heterocycles. The highest BCUT2D eigenvalue weighted by Gasteiger charge is 2.36. The largest absolute Gasteiger partial charge is 0.381 e. The Bertz CT molecular complexity index is 140. The van der Waals surface area contributed by atoms with Crippen molar-refractivity contribution >= 4 is 0 Å². The molecule has 2 fully saturated rings. The molecule has 1 unspecified atom stereocenters. The fourth-order valence-corrected chi connectivity index (χ4v) is 2.12. The summed E-state index contributed by atoms with van der Waals surface area (Å²) in [5, 5.41) is 0. The summed E-state index contributed by atoms with van der Waals surface area (Å²) in [5.74, 6) is 0.762. The van der Waals surface area contributed by atoms with E-state index in [2.05, 4.69) is 6.92 Å². The second-order valence-corrected chi connectivity index (χ2v) is 4.25. The van der Waals surface area contributed by atoms with Crippen molar-refractivity contribution in [2.45, 2.75) is 38.2 Å². The Hall–Kier alpha value is -0.0800. The van der Waals surface area contributed by atoms with Crippen molar-refractivity contribution in [3.63, 3.8) is 0 Å². The quantitative estimate of drug-likeness (QED) is 0.553. The minimum atomic E-state index is 0.213. The van der Waals surface area contributed by atoms with Crippen LogP contribution >= 0.6 is 0 Å². The van der Waals surface area contributed by atoms with Crippen molar-refractivity contribution in [1.82, 2.24) is 0 Å². The molecule has 12 heavy (non-hydrogen) atoms. The van der Waals surface area contributed by atoms with Gasteiger partial charge in [-0.15, -0.1) is 0 Å². The van der Waals surface area contributed by atoms with E-state index in [1.54, 1.807) is 0 Å². The Morgan fingerprint density at radius 2 is 1.92 bits per heavy atom. The van der Waals surface area contributed by atoms with Crippen molar-refractivity contribution in [1.29, 1.82) is 0 Å². The van der Waals surface area contributed by atoms with Gasteiger partial charge in [0.15, 0.2) is 0 Å². The predicted octanol–water partition coefficient (Wildman–Crippen LogP) is 1.98. The zero-order chi connectivity index (χ0) is 8.44. The molecule has 1 atom stereocenters. The van der Waals surface area contributed by atoms with Crippen LogP contribution in [0, 0.1) is 5.92 Å². The minimum Gasteiger partial charge on any atom is -0.381 e. The maximum atomic E-state index is 5.94. The Labute approximate surface area is 74.2 Å². The van der Waals surface area contributed by atoms with Gasteiger partial charge in [-0.1, -0.05) is 6.92 Å². The monoisotopic (exact) mass is 170 g/mol. The maximum Gasteiger partial charge on any atom is 0.0726 e. The average Bonchev–Trinajstić information content (AvgIpc) is 2.13. The van der Waals surface area contributed by atoms with Crippen LogP contribution in [0.25, 0.3) is 0 Å². The summed E-state index contributed by atoms with van der Waals surface area (Å²) in [6.07, 6.45) is 4.80. The predicted molar refractivity (Wildman–Crippen MR) is 47.1 cm³/mol. The van der Waals surface area contributed by atoms with E-state index in [1.165, 1.54) is 12.8 Å². The zero-order valence-corrected chi connectivity index (χ0v) is 7.84. The summed E-state index contributed by atoms with van der Waals surface area (Å²) in [5.41, 5.74) is 0.213. The summed E-state index contributed by atoms with van der Waals surface area (Å²) < 4.78 is 11.3. The molecule has 2 heteroatoms. The van der Waals surface area contributed by atoms with E-state index >= 15 is 0 Å². The van der Waals surface area contributed by atoms with Crippen LogP contribution in [-0.2, 0) is 9.47 Å². The summed E-state index contributed by atoms with van der Waals surface area (Å²) in [4.78, 5) is 0. The molecule has 2 nitrogen and oxygen atoms in total. The third-order valence-electron chi connectivity index (χ3n) is 3.17. The molecule has 0 amide bonds. The van der Waals surface area contributed by atoms with Gasteiger partial charge in [0, 0.05) is 19.8 Å². The fourth-order valence-electron chi connectivity index (χ4n) is 2.12. The van der Waals surface area contributed by atoms with E-state index < -0.39 is 0 Å². The van der Waals surface area contributed by atoms with Crippen LogP contribution in [0.3, 0.4) is 0 Å². The first-order valence-electron chi connectivity index (χ1n) is 5.02. The molecule has 2 saturated heterocycles. The molecule has 0 aliphatic carbocycles. The normalized spacial score (nSPS) is 35.2. The molecule has 0 aromatic rings. The molecule has 2 aliphatic rings. The van der Waals surface area contributed by atoms with Gasteiger partial charge in [-0.05, 0) is 31.6 Å². The highest BCUT2D eigenvalue weighted by atomic mass is 16.5. The molecule has 0 radical (unpaired) electrons. The molecule has 0 N–H and O–H groups in total. The molecular formula is C10H18O2. The van der Waals surface area contributed by atoms with E-state index in [0.29, 0.717) is 0 Å². The van der Waals surface area contributed by atoms with Gasteiger partial charge in [-0.2, -0.15) is 0 Å². The second-order valence-electron chi connectivity index (χ2n) is 4.25. The lowest BCUT2D eigenvalue weighted by atomic mass is 9.84. The van der Waals surface area contributed by atoms with Crippen molar-refractivity contribution in [3.8, 4) is 0 Å². The van der Waals surface area contributed by atoms with E-state index in [0.717, 1.165) is 38.6 Å². The first-order valence-corrected chi connectivity index (χ1v) is 5.02. The smallest absolute Gasteiger partial charge is 0.0726 e. The standard InChI is InChI=1S/C10H18O2/c1-9-2-3-10(12-8-9)4-6-11-7-5-10/h9H,2-8H2,1H3. The van der Waals surface area contributed by atoms with Crippen molar-refractivity contribution < 1.29 is 9.47 Å². The van der Waals surface area contributed by atoms with E-state index in [4.69, 9.17) is 9.47 Å². The Morgan fingerprint density at radius 3 is 2.50 bits per heavy atom. The lowest BCUT2D eigenvalue weighted by molar-refractivity contribution is -0.146. The Balaban J connectivity index is 1.92. The molecule has 0 bridgehead atoms. The van der Waals surface area contributed by atoms with Gasteiger partial charge in [0.05, 0.1) is 5.60 Å². The van der Waals surface area contributed by atoms with Crippen LogP contribution in [-0.4, -0.2) is 25.4 Å². The molecule has 2 aliphatic heterocycles. The highest BCUT2D eigenvalue weighted by Crippen LogP contribution is 2.35. The topological polar surface area (TPSA) is 18.5 Å². The van der Waals surface area contributed by atoms with Gasteiger partial charge >= 0.3 is 0 Å².